The van der Waals surface area contributed by atoms with Gasteiger partial charge < -0.3 is 0 Å². The Morgan fingerprint density at radius 2 is 1.80 bits per heavy atom. The van der Waals surface area contributed by atoms with Gasteiger partial charge in [0.15, 0.2) is 0 Å². The van der Waals surface area contributed by atoms with Crippen LogP contribution < -0.4 is 10.9 Å². The molecular formula is C17H12N4O4. The number of non-ortho nitro benzene ring substituents is 1. The van der Waals surface area contributed by atoms with Crippen molar-refractivity contribution in [2.75, 3.05) is 0 Å². The van der Waals surface area contributed by atoms with E-state index in [2.05, 4.69) is 10.9 Å². The average Bonchev–Trinajstić information content (AvgIpc) is 2.64. The van der Waals surface area contributed by atoms with Gasteiger partial charge in [-0.1, -0.05) is 36.4 Å². The zero-order chi connectivity index (χ0) is 18.2. The number of nitro benzene ring substituents is 1. The van der Waals surface area contributed by atoms with Gasteiger partial charge in [-0.3, -0.25) is 30.6 Å². The van der Waals surface area contributed by atoms with Crippen LogP contribution in [0.4, 0.5) is 5.69 Å². The maximum absolute atomic E-state index is 12.0. The Morgan fingerprint density at radius 3 is 2.44 bits per heavy atom. The predicted molar refractivity (Wildman–Crippen MR) is 88.7 cm³/mol. The Balaban J connectivity index is 2.05. The predicted octanol–water partition coefficient (Wildman–Crippen LogP) is 1.96. The van der Waals surface area contributed by atoms with Crippen molar-refractivity contribution in [1.82, 2.24) is 10.9 Å². The summed E-state index contributed by atoms with van der Waals surface area (Å²) in [5, 5.41) is 19.8. The van der Waals surface area contributed by atoms with Gasteiger partial charge in [0.2, 0.25) is 0 Å². The lowest BCUT2D eigenvalue weighted by atomic mass is 10.1. The van der Waals surface area contributed by atoms with E-state index in [4.69, 9.17) is 5.26 Å². The highest BCUT2D eigenvalue weighted by atomic mass is 16.6. The summed E-state index contributed by atoms with van der Waals surface area (Å²) in [5.74, 6) is -1.54. The van der Waals surface area contributed by atoms with E-state index in [0.29, 0.717) is 5.56 Å². The van der Waals surface area contributed by atoms with Gasteiger partial charge in [0.1, 0.15) is 11.6 Å². The summed E-state index contributed by atoms with van der Waals surface area (Å²) in [7, 11) is 0. The Labute approximate surface area is 142 Å². The maximum atomic E-state index is 12.0. The number of benzene rings is 2. The molecule has 2 aromatic carbocycles. The van der Waals surface area contributed by atoms with Crippen LogP contribution >= 0.6 is 0 Å². The van der Waals surface area contributed by atoms with Crippen molar-refractivity contribution in [2.24, 2.45) is 0 Å². The second kappa shape index (κ2) is 8.03. The van der Waals surface area contributed by atoms with Gasteiger partial charge in [-0.2, -0.15) is 5.26 Å². The summed E-state index contributed by atoms with van der Waals surface area (Å²) < 4.78 is 0. The molecule has 0 radical (unpaired) electrons. The number of nitriles is 1. The van der Waals surface area contributed by atoms with E-state index in [1.807, 2.05) is 0 Å². The molecule has 2 N–H and O–H groups in total. The van der Waals surface area contributed by atoms with E-state index in [0.717, 1.165) is 6.07 Å². The second-order valence-corrected chi connectivity index (χ2v) is 4.80. The van der Waals surface area contributed by atoms with Gasteiger partial charge in [-0.05, 0) is 17.7 Å². The number of nitro groups is 1. The van der Waals surface area contributed by atoms with Crippen molar-refractivity contribution in [2.45, 2.75) is 0 Å². The van der Waals surface area contributed by atoms with Gasteiger partial charge in [0, 0.05) is 17.7 Å². The molecule has 0 saturated heterocycles. The SMILES string of the molecule is N#C/C(=C\c1ccccc1)C(=O)NNC(=O)c1cccc([N+](=O)[O-])c1. The van der Waals surface area contributed by atoms with Crippen molar-refractivity contribution in [1.29, 1.82) is 5.26 Å². The lowest BCUT2D eigenvalue weighted by Gasteiger charge is -2.06. The summed E-state index contributed by atoms with van der Waals surface area (Å²) in [6.45, 7) is 0. The van der Waals surface area contributed by atoms with E-state index < -0.39 is 16.7 Å². The fraction of sp³-hybridized carbons (Fsp3) is 0. The quantitative estimate of drug-likeness (QED) is 0.382. The van der Waals surface area contributed by atoms with Crippen LogP contribution in [0.3, 0.4) is 0 Å². The maximum Gasteiger partial charge on any atom is 0.280 e. The normalized spacial score (nSPS) is 10.4. The summed E-state index contributed by atoms with van der Waals surface area (Å²) >= 11 is 0. The zero-order valence-corrected chi connectivity index (χ0v) is 12.8. The third-order valence-corrected chi connectivity index (χ3v) is 3.08. The smallest absolute Gasteiger partial charge is 0.267 e. The first-order valence-corrected chi connectivity index (χ1v) is 7.03. The van der Waals surface area contributed by atoms with Crippen LogP contribution in [0.5, 0.6) is 0 Å². The molecule has 0 heterocycles. The number of nitrogens with zero attached hydrogens (tertiary/aromatic N) is 2. The third kappa shape index (κ3) is 4.74. The first-order valence-electron chi connectivity index (χ1n) is 7.03. The lowest BCUT2D eigenvalue weighted by Crippen LogP contribution is -2.42. The monoisotopic (exact) mass is 336 g/mol. The fourth-order valence-corrected chi connectivity index (χ4v) is 1.88. The van der Waals surface area contributed by atoms with E-state index in [1.54, 1.807) is 36.4 Å². The van der Waals surface area contributed by atoms with Crippen molar-refractivity contribution >= 4 is 23.6 Å². The first-order chi connectivity index (χ1) is 12.0. The summed E-state index contributed by atoms with van der Waals surface area (Å²) in [6, 6.07) is 15.5. The molecule has 0 unspecified atom stereocenters. The van der Waals surface area contributed by atoms with Gasteiger partial charge in [-0.25, -0.2) is 0 Å². The highest BCUT2D eigenvalue weighted by molar-refractivity contribution is 6.03. The van der Waals surface area contributed by atoms with E-state index in [1.165, 1.54) is 24.3 Å². The zero-order valence-electron chi connectivity index (χ0n) is 12.8. The largest absolute Gasteiger partial charge is 0.280 e. The van der Waals surface area contributed by atoms with Crippen LogP contribution in [0.1, 0.15) is 15.9 Å². The molecule has 0 spiro atoms. The lowest BCUT2D eigenvalue weighted by molar-refractivity contribution is -0.384. The molecule has 0 bridgehead atoms. The summed E-state index contributed by atoms with van der Waals surface area (Å²) in [4.78, 5) is 34.0. The number of hydrogen-bond acceptors (Lipinski definition) is 5. The van der Waals surface area contributed by atoms with Crippen LogP contribution in [-0.2, 0) is 4.79 Å². The molecule has 2 aromatic rings. The molecule has 0 aromatic heterocycles. The number of hydrogen-bond donors (Lipinski definition) is 2. The number of carbonyl (C=O) groups is 2. The van der Waals surface area contributed by atoms with Gasteiger partial charge >= 0.3 is 0 Å². The topological polar surface area (TPSA) is 125 Å². The Kier molecular flexibility index (Phi) is 5.58. The third-order valence-electron chi connectivity index (χ3n) is 3.08. The minimum atomic E-state index is -0.801. The standard InChI is InChI=1S/C17H12N4O4/c18-11-14(9-12-5-2-1-3-6-12)17(23)20-19-16(22)13-7-4-8-15(10-13)21(24)25/h1-10H,(H,19,22)(H,20,23)/b14-9+. The molecule has 0 aliphatic carbocycles. The van der Waals surface area contributed by atoms with Crippen molar-refractivity contribution in [3.63, 3.8) is 0 Å². The summed E-state index contributed by atoms with van der Waals surface area (Å²) in [6.07, 6.45) is 1.37. The van der Waals surface area contributed by atoms with Crippen molar-refractivity contribution < 1.29 is 14.5 Å². The van der Waals surface area contributed by atoms with Crippen LogP contribution in [0.15, 0.2) is 60.2 Å². The minimum Gasteiger partial charge on any atom is -0.267 e. The molecule has 0 fully saturated rings. The number of amides is 2. The molecule has 0 saturated carbocycles. The van der Waals surface area contributed by atoms with Crippen molar-refractivity contribution in [3.8, 4) is 6.07 Å². The number of carbonyl (C=O) groups excluding carboxylic acids is 2. The fourth-order valence-electron chi connectivity index (χ4n) is 1.88. The number of hydrazine groups is 1. The molecule has 25 heavy (non-hydrogen) atoms. The van der Waals surface area contributed by atoms with E-state index in [9.17, 15) is 19.7 Å². The molecule has 124 valence electrons. The number of rotatable bonds is 4. The molecule has 0 aliphatic rings. The van der Waals surface area contributed by atoms with E-state index >= 15 is 0 Å². The van der Waals surface area contributed by atoms with Crippen LogP contribution in [0.25, 0.3) is 6.08 Å². The molecule has 0 atom stereocenters. The van der Waals surface area contributed by atoms with Crippen LogP contribution in [0, 0.1) is 21.4 Å². The summed E-state index contributed by atoms with van der Waals surface area (Å²) in [5.41, 5.74) is 4.41. The number of nitrogens with one attached hydrogen (secondary N) is 2. The van der Waals surface area contributed by atoms with Gasteiger partial charge in [0.25, 0.3) is 17.5 Å². The highest BCUT2D eigenvalue weighted by Gasteiger charge is 2.14. The molecule has 2 amide bonds. The Morgan fingerprint density at radius 1 is 1.08 bits per heavy atom. The van der Waals surface area contributed by atoms with Crippen LogP contribution in [-0.4, -0.2) is 16.7 Å². The van der Waals surface area contributed by atoms with Gasteiger partial charge in [0.05, 0.1) is 4.92 Å². The second-order valence-electron chi connectivity index (χ2n) is 4.80. The Hall–Kier alpha value is -3.99. The van der Waals surface area contributed by atoms with Gasteiger partial charge in [-0.15, -0.1) is 0 Å². The van der Waals surface area contributed by atoms with E-state index in [-0.39, 0.29) is 16.8 Å². The minimum absolute atomic E-state index is 0.0000432. The highest BCUT2D eigenvalue weighted by Crippen LogP contribution is 2.12. The molecule has 0 aliphatic heterocycles. The van der Waals surface area contributed by atoms with Crippen LogP contribution in [0.2, 0.25) is 0 Å². The first kappa shape index (κ1) is 17.4. The molecular weight excluding hydrogens is 324 g/mol. The molecule has 2 rings (SSSR count). The average molecular weight is 336 g/mol. The van der Waals surface area contributed by atoms with Crippen molar-refractivity contribution in [3.05, 3.63) is 81.4 Å². The Bertz CT molecular complexity index is 885. The molecule has 8 nitrogen and oxygen atoms in total. The molecule has 8 heteroatoms.